The average Bonchev–Trinajstić information content (AvgIpc) is 2.87. The molecule has 0 unspecified atom stereocenters. The number of nitrogens with one attached hydrogen (secondary N) is 1. The summed E-state index contributed by atoms with van der Waals surface area (Å²) in [6, 6.07) is 8.64. The summed E-state index contributed by atoms with van der Waals surface area (Å²) in [5.41, 5.74) is 4.06. The van der Waals surface area contributed by atoms with Gasteiger partial charge in [-0.2, -0.15) is 0 Å². The van der Waals surface area contributed by atoms with Crippen LogP contribution in [0.5, 0.6) is 0 Å². The molecule has 2 aromatic rings. The second-order valence-electron chi connectivity index (χ2n) is 4.81. The van der Waals surface area contributed by atoms with Crippen LogP contribution in [0, 0.1) is 0 Å². The average molecular weight is 257 g/mol. The van der Waals surface area contributed by atoms with Gasteiger partial charge in [0.15, 0.2) is 0 Å². The topological polar surface area (TPSA) is 29.9 Å². The molecule has 1 aromatic heterocycles. The number of aromatic nitrogens is 2. The molecule has 2 rings (SSSR count). The molecule has 0 aliphatic carbocycles. The molecule has 1 heterocycles. The molecule has 1 N–H and O–H groups in total. The fourth-order valence-corrected chi connectivity index (χ4v) is 2.27. The third-order valence-electron chi connectivity index (χ3n) is 3.37. The molecular weight excluding hydrogens is 234 g/mol. The van der Waals surface area contributed by atoms with E-state index in [1.807, 2.05) is 12.5 Å². The van der Waals surface area contributed by atoms with Crippen molar-refractivity contribution in [2.45, 2.75) is 39.8 Å². The summed E-state index contributed by atoms with van der Waals surface area (Å²) >= 11 is 0. The van der Waals surface area contributed by atoms with Gasteiger partial charge < -0.3 is 9.88 Å². The second-order valence-corrected chi connectivity index (χ2v) is 4.81. The smallest absolute Gasteiger partial charge is 0.0951 e. The van der Waals surface area contributed by atoms with Crippen LogP contribution < -0.4 is 5.32 Å². The van der Waals surface area contributed by atoms with E-state index in [9.17, 15) is 0 Å². The molecule has 3 nitrogen and oxygen atoms in total. The molecule has 0 fully saturated rings. The van der Waals surface area contributed by atoms with Crippen molar-refractivity contribution in [3.05, 3.63) is 53.6 Å². The van der Waals surface area contributed by atoms with Crippen molar-refractivity contribution in [2.24, 2.45) is 0 Å². The summed E-state index contributed by atoms with van der Waals surface area (Å²) in [4.78, 5) is 4.28. The lowest BCUT2D eigenvalue weighted by Crippen LogP contribution is -2.17. The molecular formula is C16H23N3. The first-order chi connectivity index (χ1) is 9.35. The standard InChI is InChI=1S/C16H23N3/c1-3-9-17-10-16-11-18-13-19(16)12-15-8-6-5-7-14(15)4-2/h5-8,11,13,17H,3-4,9-10,12H2,1-2H3. The first-order valence-electron chi connectivity index (χ1n) is 7.11. The highest BCUT2D eigenvalue weighted by Crippen LogP contribution is 2.12. The quantitative estimate of drug-likeness (QED) is 0.773. The zero-order valence-corrected chi connectivity index (χ0v) is 11.9. The molecule has 0 radical (unpaired) electrons. The van der Waals surface area contributed by atoms with E-state index in [2.05, 4.69) is 53.0 Å². The Morgan fingerprint density at radius 2 is 1.95 bits per heavy atom. The minimum Gasteiger partial charge on any atom is -0.329 e. The molecule has 1 aromatic carbocycles. The highest BCUT2D eigenvalue weighted by molar-refractivity contribution is 5.27. The summed E-state index contributed by atoms with van der Waals surface area (Å²) in [6.07, 6.45) is 6.12. The summed E-state index contributed by atoms with van der Waals surface area (Å²) < 4.78 is 2.23. The van der Waals surface area contributed by atoms with Crippen molar-refractivity contribution in [3.63, 3.8) is 0 Å². The minimum absolute atomic E-state index is 0.891. The van der Waals surface area contributed by atoms with Gasteiger partial charge >= 0.3 is 0 Å². The molecule has 0 spiro atoms. The third kappa shape index (κ3) is 3.67. The summed E-state index contributed by atoms with van der Waals surface area (Å²) in [7, 11) is 0. The molecule has 19 heavy (non-hydrogen) atoms. The number of hydrogen-bond acceptors (Lipinski definition) is 2. The van der Waals surface area contributed by atoms with Crippen LogP contribution in [0.3, 0.4) is 0 Å². The molecule has 0 saturated heterocycles. The van der Waals surface area contributed by atoms with Crippen LogP contribution in [0.15, 0.2) is 36.8 Å². The van der Waals surface area contributed by atoms with Crippen molar-refractivity contribution in [2.75, 3.05) is 6.54 Å². The van der Waals surface area contributed by atoms with Gasteiger partial charge in [0, 0.05) is 19.3 Å². The lowest BCUT2D eigenvalue weighted by Gasteiger charge is -2.12. The van der Waals surface area contributed by atoms with Crippen molar-refractivity contribution in [3.8, 4) is 0 Å². The van der Waals surface area contributed by atoms with E-state index in [0.29, 0.717) is 0 Å². The molecule has 0 aliphatic heterocycles. The third-order valence-corrected chi connectivity index (χ3v) is 3.37. The Balaban J connectivity index is 2.08. The number of aryl methyl sites for hydroxylation is 1. The molecule has 0 amide bonds. The maximum Gasteiger partial charge on any atom is 0.0951 e. The van der Waals surface area contributed by atoms with E-state index >= 15 is 0 Å². The van der Waals surface area contributed by atoms with Crippen molar-refractivity contribution in [1.29, 1.82) is 0 Å². The largest absolute Gasteiger partial charge is 0.329 e. The van der Waals surface area contributed by atoms with Gasteiger partial charge in [-0.25, -0.2) is 4.98 Å². The lowest BCUT2D eigenvalue weighted by atomic mass is 10.1. The fourth-order valence-electron chi connectivity index (χ4n) is 2.27. The van der Waals surface area contributed by atoms with Gasteiger partial charge in [0.1, 0.15) is 0 Å². The Kier molecular flexibility index (Phi) is 5.16. The van der Waals surface area contributed by atoms with Crippen LogP contribution >= 0.6 is 0 Å². The van der Waals surface area contributed by atoms with Crippen molar-refractivity contribution < 1.29 is 0 Å². The summed E-state index contributed by atoms with van der Waals surface area (Å²) in [5.74, 6) is 0. The summed E-state index contributed by atoms with van der Waals surface area (Å²) in [5, 5.41) is 3.43. The van der Waals surface area contributed by atoms with E-state index in [0.717, 1.165) is 32.5 Å². The normalized spacial score (nSPS) is 10.8. The Morgan fingerprint density at radius 1 is 1.16 bits per heavy atom. The molecule has 3 heteroatoms. The zero-order valence-electron chi connectivity index (χ0n) is 11.9. The number of rotatable bonds is 7. The monoisotopic (exact) mass is 257 g/mol. The first-order valence-corrected chi connectivity index (χ1v) is 7.11. The molecule has 0 atom stereocenters. The van der Waals surface area contributed by atoms with Gasteiger partial charge in [-0.05, 0) is 30.5 Å². The van der Waals surface area contributed by atoms with Crippen molar-refractivity contribution in [1.82, 2.24) is 14.9 Å². The number of benzene rings is 1. The lowest BCUT2D eigenvalue weighted by molar-refractivity contribution is 0.629. The highest BCUT2D eigenvalue weighted by Gasteiger charge is 2.05. The Labute approximate surface area is 115 Å². The second kappa shape index (κ2) is 7.10. The number of nitrogens with zero attached hydrogens (tertiary/aromatic N) is 2. The maximum absolute atomic E-state index is 4.28. The Bertz CT molecular complexity index is 502. The SMILES string of the molecule is CCCNCc1cncn1Cc1ccccc1CC. The van der Waals surface area contributed by atoms with Crippen LogP contribution in [0.2, 0.25) is 0 Å². The van der Waals surface area contributed by atoms with E-state index in [4.69, 9.17) is 0 Å². The predicted octanol–water partition coefficient (Wildman–Crippen LogP) is 2.99. The van der Waals surface area contributed by atoms with Gasteiger partial charge in [-0.15, -0.1) is 0 Å². The van der Waals surface area contributed by atoms with E-state index in [1.54, 1.807) is 0 Å². The van der Waals surface area contributed by atoms with Gasteiger partial charge in [0.25, 0.3) is 0 Å². The fraction of sp³-hybridized carbons (Fsp3) is 0.438. The van der Waals surface area contributed by atoms with E-state index in [-0.39, 0.29) is 0 Å². The zero-order chi connectivity index (χ0) is 13.5. The van der Waals surface area contributed by atoms with Gasteiger partial charge in [-0.3, -0.25) is 0 Å². The minimum atomic E-state index is 0.891. The van der Waals surface area contributed by atoms with Crippen molar-refractivity contribution >= 4 is 0 Å². The first kappa shape index (κ1) is 13.8. The van der Waals surface area contributed by atoms with Crippen LogP contribution in [0.4, 0.5) is 0 Å². The van der Waals surface area contributed by atoms with Gasteiger partial charge in [0.2, 0.25) is 0 Å². The molecule has 102 valence electrons. The highest BCUT2D eigenvalue weighted by atomic mass is 15.1. The van der Waals surface area contributed by atoms with E-state index < -0.39 is 0 Å². The van der Waals surface area contributed by atoms with Crippen LogP contribution in [0.1, 0.15) is 37.1 Å². The molecule has 0 aliphatic rings. The summed E-state index contributed by atoms with van der Waals surface area (Å²) in [6.45, 7) is 7.24. The molecule has 0 saturated carbocycles. The Hall–Kier alpha value is -1.61. The van der Waals surface area contributed by atoms with Crippen LogP contribution in [-0.4, -0.2) is 16.1 Å². The van der Waals surface area contributed by atoms with E-state index in [1.165, 1.54) is 16.8 Å². The number of hydrogen-bond donors (Lipinski definition) is 1. The van der Waals surface area contributed by atoms with Gasteiger partial charge in [-0.1, -0.05) is 38.1 Å². The van der Waals surface area contributed by atoms with Gasteiger partial charge in [0.05, 0.1) is 12.0 Å². The predicted molar refractivity (Wildman–Crippen MR) is 79.1 cm³/mol. The number of imidazole rings is 1. The van der Waals surface area contributed by atoms with Crippen LogP contribution in [-0.2, 0) is 19.5 Å². The Morgan fingerprint density at radius 3 is 2.68 bits per heavy atom. The molecule has 0 bridgehead atoms. The maximum atomic E-state index is 4.28. The van der Waals surface area contributed by atoms with Crippen LogP contribution in [0.25, 0.3) is 0 Å².